The molecule has 0 radical (unpaired) electrons. The second kappa shape index (κ2) is 10.1. The van der Waals surface area contributed by atoms with Crippen LogP contribution in [-0.2, 0) is 0 Å². The average molecular weight is 381 g/mol. The molecule has 5 nitrogen and oxygen atoms in total. The lowest BCUT2D eigenvalue weighted by molar-refractivity contribution is 0.257. The van der Waals surface area contributed by atoms with Crippen LogP contribution < -0.4 is 19.5 Å². The van der Waals surface area contributed by atoms with E-state index in [1.165, 1.54) is 0 Å². The van der Waals surface area contributed by atoms with Crippen LogP contribution in [0.3, 0.4) is 0 Å². The third kappa shape index (κ3) is 6.76. The van der Waals surface area contributed by atoms with Crippen molar-refractivity contribution in [2.24, 2.45) is 5.73 Å². The summed E-state index contributed by atoms with van der Waals surface area (Å²) in [7, 11) is 0. The highest BCUT2D eigenvalue weighted by Crippen LogP contribution is 2.22. The maximum absolute atomic E-state index is 11.1. The van der Waals surface area contributed by atoms with Crippen molar-refractivity contribution in [3.63, 3.8) is 0 Å². The van der Waals surface area contributed by atoms with Gasteiger partial charge < -0.3 is 15.2 Å². The quantitative estimate of drug-likeness (QED) is 0.489. The lowest BCUT2D eigenvalue weighted by atomic mass is 10.2. The van der Waals surface area contributed by atoms with E-state index in [1.54, 1.807) is 18.2 Å². The first-order valence-corrected chi connectivity index (χ1v) is 8.74. The zero-order chi connectivity index (χ0) is 18.1. The summed E-state index contributed by atoms with van der Waals surface area (Å²) in [5.74, 6) is 1.50. The number of carbonyl (C=O) groups excluding carboxylic acids is 1. The molecule has 0 atom stereocenters. The highest BCUT2D eigenvalue weighted by Gasteiger charge is 2.08. The zero-order valence-electron chi connectivity index (χ0n) is 13.7. The van der Waals surface area contributed by atoms with Gasteiger partial charge >= 0.3 is 6.03 Å². The molecule has 2 aromatic rings. The Morgan fingerprint density at radius 3 is 2.28 bits per heavy atom. The van der Waals surface area contributed by atoms with Crippen LogP contribution in [0.15, 0.2) is 48.5 Å². The molecule has 0 aliphatic rings. The number of thiol groups is 1. The van der Waals surface area contributed by atoms with E-state index < -0.39 is 6.03 Å². The third-order valence-electron chi connectivity index (χ3n) is 3.41. The number of hydrogen-bond acceptors (Lipinski definition) is 4. The fraction of sp³-hybridized carbons (Fsp3) is 0.278. The monoisotopic (exact) mass is 380 g/mol. The topological polar surface area (TPSA) is 64.8 Å². The summed E-state index contributed by atoms with van der Waals surface area (Å²) in [6.45, 7) is 1.25. The smallest absolute Gasteiger partial charge is 0.329 e. The van der Waals surface area contributed by atoms with Gasteiger partial charge in [0.25, 0.3) is 0 Å². The van der Waals surface area contributed by atoms with Gasteiger partial charge in [-0.1, -0.05) is 30.5 Å². The minimum Gasteiger partial charge on any atom is -0.494 e. The Balaban J connectivity index is 1.62. The standard InChI is InChI=1S/C18H21ClN2O3S/c19-14-7-9-16(10-8-14)23-11-2-1-3-12-24-17-6-4-5-15(13-17)21(25)18(20)22/h4-10,13,25H,1-3,11-12H2,(H2,20,22). The SMILES string of the molecule is NC(=O)N(S)c1cccc(OCCCCCOc2ccc(Cl)cc2)c1. The number of nitrogens with two attached hydrogens (primary N) is 1. The molecule has 0 spiro atoms. The van der Waals surface area contributed by atoms with E-state index in [9.17, 15) is 4.79 Å². The molecule has 134 valence electrons. The number of amides is 2. The van der Waals surface area contributed by atoms with Gasteiger partial charge in [-0.15, -0.1) is 0 Å². The Bertz CT molecular complexity index is 682. The Kier molecular flexibility index (Phi) is 7.76. The summed E-state index contributed by atoms with van der Waals surface area (Å²) in [5, 5.41) is 0.699. The van der Waals surface area contributed by atoms with Gasteiger partial charge in [0.15, 0.2) is 0 Å². The molecular formula is C18H21ClN2O3S. The summed E-state index contributed by atoms with van der Waals surface area (Å²) in [6.07, 6.45) is 2.85. The number of halogens is 1. The van der Waals surface area contributed by atoms with Crippen molar-refractivity contribution >= 4 is 36.1 Å². The molecule has 0 unspecified atom stereocenters. The van der Waals surface area contributed by atoms with E-state index in [0.717, 1.165) is 29.3 Å². The number of ether oxygens (including phenoxy) is 2. The van der Waals surface area contributed by atoms with Crippen molar-refractivity contribution in [3.8, 4) is 11.5 Å². The van der Waals surface area contributed by atoms with Crippen LogP contribution in [0.4, 0.5) is 10.5 Å². The molecule has 0 heterocycles. The normalized spacial score (nSPS) is 10.3. The van der Waals surface area contributed by atoms with Crippen LogP contribution in [-0.4, -0.2) is 19.2 Å². The maximum atomic E-state index is 11.1. The molecule has 0 saturated carbocycles. The Labute approximate surface area is 158 Å². The van der Waals surface area contributed by atoms with Gasteiger partial charge in [0, 0.05) is 11.1 Å². The van der Waals surface area contributed by atoms with E-state index in [-0.39, 0.29) is 0 Å². The molecule has 0 aliphatic carbocycles. The highest BCUT2D eigenvalue weighted by molar-refractivity contribution is 7.82. The number of unbranched alkanes of at least 4 members (excludes halogenated alkanes) is 2. The van der Waals surface area contributed by atoms with Crippen LogP contribution >= 0.6 is 24.4 Å². The van der Waals surface area contributed by atoms with E-state index in [2.05, 4.69) is 12.8 Å². The van der Waals surface area contributed by atoms with Crippen LogP contribution in [0.5, 0.6) is 11.5 Å². The highest BCUT2D eigenvalue weighted by atomic mass is 35.5. The van der Waals surface area contributed by atoms with Crippen LogP contribution in [0, 0.1) is 0 Å². The molecule has 2 N–H and O–H groups in total. The van der Waals surface area contributed by atoms with Crippen LogP contribution in [0.1, 0.15) is 19.3 Å². The summed E-state index contributed by atoms with van der Waals surface area (Å²) < 4.78 is 12.4. The van der Waals surface area contributed by atoms with E-state index in [1.807, 2.05) is 30.3 Å². The number of anilines is 1. The molecule has 2 aromatic carbocycles. The van der Waals surface area contributed by atoms with Crippen molar-refractivity contribution in [2.45, 2.75) is 19.3 Å². The minimum absolute atomic E-state index is 0.574. The molecule has 7 heteroatoms. The van der Waals surface area contributed by atoms with E-state index in [4.69, 9.17) is 26.8 Å². The maximum Gasteiger partial charge on any atom is 0.329 e. The number of hydrogen-bond donors (Lipinski definition) is 2. The molecule has 2 amide bonds. The number of urea groups is 1. The minimum atomic E-state index is -0.638. The number of nitrogens with zero attached hydrogens (tertiary/aromatic N) is 1. The number of carbonyl (C=O) groups is 1. The van der Waals surface area contributed by atoms with Crippen molar-refractivity contribution in [1.82, 2.24) is 0 Å². The third-order valence-corrected chi connectivity index (χ3v) is 4.09. The molecular weight excluding hydrogens is 360 g/mol. The van der Waals surface area contributed by atoms with Crippen LogP contribution in [0.2, 0.25) is 5.02 Å². The lowest BCUT2D eigenvalue weighted by Crippen LogP contribution is -2.27. The first kappa shape index (κ1) is 19.3. The summed E-state index contributed by atoms with van der Waals surface area (Å²) >= 11 is 9.85. The first-order valence-electron chi connectivity index (χ1n) is 7.96. The summed E-state index contributed by atoms with van der Waals surface area (Å²) in [6, 6.07) is 13.8. The van der Waals surface area contributed by atoms with Gasteiger partial charge in [0.05, 0.1) is 18.9 Å². The molecule has 0 saturated heterocycles. The van der Waals surface area contributed by atoms with Crippen molar-refractivity contribution in [3.05, 3.63) is 53.6 Å². The van der Waals surface area contributed by atoms with Gasteiger partial charge in [-0.3, -0.25) is 0 Å². The Hall–Kier alpha value is -2.05. The van der Waals surface area contributed by atoms with Gasteiger partial charge in [0.2, 0.25) is 0 Å². The molecule has 0 aromatic heterocycles. The molecule has 2 rings (SSSR count). The first-order chi connectivity index (χ1) is 12.1. The largest absolute Gasteiger partial charge is 0.494 e. The fourth-order valence-electron chi connectivity index (χ4n) is 2.12. The van der Waals surface area contributed by atoms with Gasteiger partial charge in [-0.25, -0.2) is 9.10 Å². The number of benzene rings is 2. The lowest BCUT2D eigenvalue weighted by Gasteiger charge is -2.14. The van der Waals surface area contributed by atoms with Gasteiger partial charge in [-0.05, 0) is 55.7 Å². The van der Waals surface area contributed by atoms with Crippen LogP contribution in [0.25, 0.3) is 0 Å². The molecule has 0 aliphatic heterocycles. The second-order valence-corrected chi connectivity index (χ2v) is 6.20. The predicted octanol–water partition coefficient (Wildman–Crippen LogP) is 4.70. The molecule has 25 heavy (non-hydrogen) atoms. The van der Waals surface area contributed by atoms with E-state index >= 15 is 0 Å². The number of rotatable bonds is 9. The Morgan fingerprint density at radius 2 is 1.64 bits per heavy atom. The average Bonchev–Trinajstić information content (AvgIpc) is 2.62. The number of primary amides is 1. The zero-order valence-corrected chi connectivity index (χ0v) is 15.4. The Morgan fingerprint density at radius 1 is 1.00 bits per heavy atom. The fourth-order valence-corrected chi connectivity index (χ4v) is 2.37. The predicted molar refractivity (Wildman–Crippen MR) is 104 cm³/mol. The van der Waals surface area contributed by atoms with E-state index in [0.29, 0.717) is 29.7 Å². The molecule has 0 fully saturated rings. The molecule has 0 bridgehead atoms. The second-order valence-electron chi connectivity index (χ2n) is 5.36. The van der Waals surface area contributed by atoms with Gasteiger partial charge in [-0.2, -0.15) is 0 Å². The van der Waals surface area contributed by atoms with Gasteiger partial charge in [0.1, 0.15) is 11.5 Å². The summed E-state index contributed by atoms with van der Waals surface area (Å²) in [4.78, 5) is 11.1. The van der Waals surface area contributed by atoms with Crippen molar-refractivity contribution in [1.29, 1.82) is 0 Å². The van der Waals surface area contributed by atoms with Crippen molar-refractivity contribution < 1.29 is 14.3 Å². The summed E-state index contributed by atoms with van der Waals surface area (Å²) in [5.41, 5.74) is 5.76. The van der Waals surface area contributed by atoms with Crippen molar-refractivity contribution in [2.75, 3.05) is 17.5 Å².